The maximum atomic E-state index is 4.81. The van der Waals surface area contributed by atoms with E-state index in [1.165, 1.54) is 0 Å². The first kappa shape index (κ1) is 16.9. The molecule has 0 amide bonds. The summed E-state index contributed by atoms with van der Waals surface area (Å²) in [7, 11) is 9.63. The van der Waals surface area contributed by atoms with Crippen molar-refractivity contribution in [3.8, 4) is 0 Å². The second kappa shape index (κ2) is 15.9. The zero-order valence-electron chi connectivity index (χ0n) is 7.20. The average molecular weight is 363 g/mol. The van der Waals surface area contributed by atoms with Gasteiger partial charge in [-0.25, -0.2) is 24.3 Å². The van der Waals surface area contributed by atoms with E-state index in [1.807, 2.05) is 60.7 Å². The Kier molecular flexibility index (Phi) is 19.2. The van der Waals surface area contributed by atoms with Crippen molar-refractivity contribution in [1.82, 2.24) is 0 Å². The molecule has 0 atom stereocenters. The summed E-state index contributed by atoms with van der Waals surface area (Å²) in [5, 5.41) is 0. The van der Waals surface area contributed by atoms with E-state index in [4.69, 9.17) is 19.1 Å². The van der Waals surface area contributed by atoms with E-state index in [1.54, 1.807) is 0 Å². The largest absolute Gasteiger partial charge is 0.214 e. The SMILES string of the molecule is [Cl][Pd][Cl].[Fe].c1cc[cH-]c1.c1cc[cH-]c1. The van der Waals surface area contributed by atoms with E-state index in [9.17, 15) is 0 Å². The Morgan fingerprint density at radius 3 is 1.00 bits per heavy atom. The zero-order chi connectivity index (χ0) is 9.78. The van der Waals surface area contributed by atoms with Gasteiger partial charge in [-0.1, -0.05) is 0 Å². The Labute approximate surface area is 112 Å². The van der Waals surface area contributed by atoms with Crippen LogP contribution < -0.4 is 0 Å². The summed E-state index contributed by atoms with van der Waals surface area (Å²) < 4.78 is 0. The van der Waals surface area contributed by atoms with E-state index >= 15 is 0 Å². The van der Waals surface area contributed by atoms with Crippen LogP contribution in [0, 0.1) is 0 Å². The molecule has 2 aromatic carbocycles. The van der Waals surface area contributed by atoms with E-state index in [2.05, 4.69) is 0 Å². The smallest absolute Gasteiger partial charge is 0 e. The summed E-state index contributed by atoms with van der Waals surface area (Å²) in [5.74, 6) is 0. The van der Waals surface area contributed by atoms with Gasteiger partial charge in [0.15, 0.2) is 0 Å². The molecule has 0 saturated carbocycles. The third-order valence-corrected chi connectivity index (χ3v) is 1.11. The number of hydrogen-bond donors (Lipinski definition) is 0. The van der Waals surface area contributed by atoms with Crippen molar-refractivity contribution in [3.05, 3.63) is 60.7 Å². The molecule has 0 aromatic heterocycles. The normalized spacial score (nSPS) is 7.29. The Hall–Kier alpha value is 0.462. The molecule has 14 heavy (non-hydrogen) atoms. The van der Waals surface area contributed by atoms with Crippen LogP contribution in [0.5, 0.6) is 0 Å². The van der Waals surface area contributed by atoms with E-state index in [0.29, 0.717) is 0 Å². The molecule has 0 nitrogen and oxygen atoms in total. The molecule has 0 radical (unpaired) electrons. The van der Waals surface area contributed by atoms with Gasteiger partial charge in [0.05, 0.1) is 0 Å². The van der Waals surface area contributed by atoms with Crippen LogP contribution in [0.15, 0.2) is 60.7 Å². The van der Waals surface area contributed by atoms with Crippen LogP contribution in [0.3, 0.4) is 0 Å². The van der Waals surface area contributed by atoms with Gasteiger partial charge in [0.1, 0.15) is 0 Å². The summed E-state index contributed by atoms with van der Waals surface area (Å²) in [6, 6.07) is 20.0. The molecule has 2 rings (SSSR count). The van der Waals surface area contributed by atoms with Gasteiger partial charge >= 0.3 is 35.0 Å². The summed E-state index contributed by atoms with van der Waals surface area (Å²) in [6.07, 6.45) is 0. The van der Waals surface area contributed by atoms with Crippen molar-refractivity contribution >= 4 is 19.1 Å². The molecule has 4 heteroatoms. The fraction of sp³-hybridized carbons (Fsp3) is 0. The molecule has 0 N–H and O–H groups in total. The van der Waals surface area contributed by atoms with Crippen molar-refractivity contribution < 1.29 is 33.0 Å². The van der Waals surface area contributed by atoms with Gasteiger partial charge in [-0.15, -0.1) is 0 Å². The van der Waals surface area contributed by atoms with Gasteiger partial charge in [0.2, 0.25) is 0 Å². The molecular formula is C10H10Cl2FePd-2. The minimum atomic E-state index is -0.106. The van der Waals surface area contributed by atoms with E-state index in [-0.39, 0.29) is 33.0 Å². The van der Waals surface area contributed by atoms with Gasteiger partial charge in [0.25, 0.3) is 0 Å². The third kappa shape index (κ3) is 15.0. The first-order chi connectivity index (χ1) is 6.41. The van der Waals surface area contributed by atoms with Crippen molar-refractivity contribution in [2.45, 2.75) is 0 Å². The molecule has 0 aliphatic carbocycles. The summed E-state index contributed by atoms with van der Waals surface area (Å²) >= 11 is -0.106. The van der Waals surface area contributed by atoms with Crippen molar-refractivity contribution in [3.63, 3.8) is 0 Å². The summed E-state index contributed by atoms with van der Waals surface area (Å²) in [6.45, 7) is 0. The maximum absolute atomic E-state index is 4.81. The van der Waals surface area contributed by atoms with Crippen LogP contribution in [0.1, 0.15) is 0 Å². The Morgan fingerprint density at radius 1 is 0.714 bits per heavy atom. The third-order valence-electron chi connectivity index (χ3n) is 1.11. The molecule has 84 valence electrons. The Morgan fingerprint density at radius 2 is 0.929 bits per heavy atom. The minimum Gasteiger partial charge on any atom is -0.214 e. The van der Waals surface area contributed by atoms with Crippen LogP contribution >= 0.6 is 19.1 Å². The van der Waals surface area contributed by atoms with Crippen LogP contribution in [0.25, 0.3) is 0 Å². The van der Waals surface area contributed by atoms with Crippen LogP contribution in [-0.2, 0) is 33.0 Å². The average Bonchev–Trinajstić information content (AvgIpc) is 2.85. The van der Waals surface area contributed by atoms with E-state index in [0.717, 1.165) is 0 Å². The predicted molar refractivity (Wildman–Crippen MR) is 55.8 cm³/mol. The molecule has 0 fully saturated rings. The molecule has 0 spiro atoms. The van der Waals surface area contributed by atoms with Crippen LogP contribution in [0.2, 0.25) is 0 Å². The second-order valence-electron chi connectivity index (χ2n) is 1.97. The monoisotopic (exact) mass is 362 g/mol. The minimum absolute atomic E-state index is 0. The molecule has 2 aromatic rings. The van der Waals surface area contributed by atoms with Crippen molar-refractivity contribution in [1.29, 1.82) is 0 Å². The van der Waals surface area contributed by atoms with Crippen LogP contribution in [-0.4, -0.2) is 0 Å². The maximum Gasteiger partial charge on any atom is 0 e. The molecule has 0 aliphatic heterocycles. The molecular weight excluding hydrogens is 353 g/mol. The number of halogens is 2. The second-order valence-corrected chi connectivity index (χ2v) is 4.33. The quantitative estimate of drug-likeness (QED) is 0.487. The molecule has 0 unspecified atom stereocenters. The first-order valence-electron chi connectivity index (χ1n) is 3.57. The fourth-order valence-electron chi connectivity index (χ4n) is 0.642. The van der Waals surface area contributed by atoms with Crippen molar-refractivity contribution in [2.24, 2.45) is 0 Å². The van der Waals surface area contributed by atoms with Gasteiger partial charge in [-0.05, 0) is 0 Å². The number of hydrogen-bond acceptors (Lipinski definition) is 0. The van der Waals surface area contributed by atoms with Crippen LogP contribution in [0.4, 0.5) is 0 Å². The first-order valence-corrected chi connectivity index (χ1v) is 7.58. The Balaban J connectivity index is 0. The topological polar surface area (TPSA) is 0 Å². The van der Waals surface area contributed by atoms with Gasteiger partial charge in [0, 0.05) is 17.1 Å². The fourth-order valence-corrected chi connectivity index (χ4v) is 0.642. The summed E-state index contributed by atoms with van der Waals surface area (Å²) in [4.78, 5) is 0. The molecule has 0 aliphatic rings. The van der Waals surface area contributed by atoms with Gasteiger partial charge < -0.3 is 0 Å². The Bertz CT molecular complexity index is 170. The van der Waals surface area contributed by atoms with Crippen molar-refractivity contribution in [2.75, 3.05) is 0 Å². The summed E-state index contributed by atoms with van der Waals surface area (Å²) in [5.41, 5.74) is 0. The van der Waals surface area contributed by atoms with Gasteiger partial charge in [-0.3, -0.25) is 0 Å². The van der Waals surface area contributed by atoms with Gasteiger partial charge in [-0.2, -0.15) is 36.4 Å². The molecule has 0 saturated heterocycles. The predicted octanol–water partition coefficient (Wildman–Crippen LogP) is 4.19. The molecule has 0 bridgehead atoms. The molecule has 0 heterocycles. The number of rotatable bonds is 0. The van der Waals surface area contributed by atoms with E-state index < -0.39 is 0 Å². The zero-order valence-corrected chi connectivity index (χ0v) is 11.4. The standard InChI is InChI=1S/2C5H5.2ClH.Fe.Pd/c2*1-2-4-5-3-1;;;;/h2*1-5H;2*1H;;/q2*-1;;;;+2/p-2.